The Morgan fingerprint density at radius 3 is 2.33 bits per heavy atom. The van der Waals surface area contributed by atoms with Crippen LogP contribution in [-0.4, -0.2) is 13.3 Å². The van der Waals surface area contributed by atoms with Crippen LogP contribution in [0.2, 0.25) is 0 Å². The average Bonchev–Trinajstić information content (AvgIpc) is 2.57. The molecule has 0 aliphatic carbocycles. The van der Waals surface area contributed by atoms with Gasteiger partial charge in [-0.25, -0.2) is 4.79 Å². The van der Waals surface area contributed by atoms with Crippen LogP contribution >= 0.6 is 0 Å². The zero-order valence-corrected chi connectivity index (χ0v) is 13.6. The van der Waals surface area contributed by atoms with Crippen LogP contribution in [0.5, 0.6) is 5.75 Å². The topological polar surface area (TPSA) is 65.7 Å². The second-order valence-corrected chi connectivity index (χ2v) is 5.51. The summed E-state index contributed by atoms with van der Waals surface area (Å²) in [5.74, 6) is 0.0190. The smallest absolute Gasteiger partial charge is 0.452 e. The molecule has 0 fully saturated rings. The standard InChI is InChI=1S/C19H16O5/c1-11-4-7-13(8-5-11)17-18(24-19(21)22-3)16(20)14-9-6-12(2)10-15(14)23-17/h4-10H,1-3H3. The number of fused-ring (bicyclic) bond motifs is 1. The molecule has 0 N–H and O–H groups in total. The summed E-state index contributed by atoms with van der Waals surface area (Å²) in [4.78, 5) is 24.3. The zero-order chi connectivity index (χ0) is 17.3. The number of ether oxygens (including phenoxy) is 2. The van der Waals surface area contributed by atoms with E-state index < -0.39 is 11.6 Å². The van der Waals surface area contributed by atoms with Crippen molar-refractivity contribution in [2.45, 2.75) is 13.8 Å². The molecule has 0 radical (unpaired) electrons. The fourth-order valence-corrected chi connectivity index (χ4v) is 2.40. The van der Waals surface area contributed by atoms with Gasteiger partial charge in [0.2, 0.25) is 11.2 Å². The number of hydrogen-bond donors (Lipinski definition) is 0. The molecule has 0 aliphatic heterocycles. The average molecular weight is 324 g/mol. The van der Waals surface area contributed by atoms with Gasteiger partial charge in [-0.3, -0.25) is 4.79 Å². The maximum atomic E-state index is 12.8. The Kier molecular flexibility index (Phi) is 4.08. The van der Waals surface area contributed by atoms with Gasteiger partial charge in [0.05, 0.1) is 12.5 Å². The van der Waals surface area contributed by atoms with Gasteiger partial charge in [0.25, 0.3) is 0 Å². The first-order chi connectivity index (χ1) is 11.5. The molecule has 5 nitrogen and oxygen atoms in total. The first-order valence-electron chi connectivity index (χ1n) is 7.40. The van der Waals surface area contributed by atoms with Crippen LogP contribution in [0, 0.1) is 13.8 Å². The summed E-state index contributed by atoms with van der Waals surface area (Å²) in [5, 5.41) is 0.343. The SMILES string of the molecule is COC(=O)Oc1c(-c2ccc(C)cc2)oc2cc(C)ccc2c1=O. The van der Waals surface area contributed by atoms with Crippen LogP contribution in [0.25, 0.3) is 22.3 Å². The van der Waals surface area contributed by atoms with E-state index in [1.165, 1.54) is 7.11 Å². The Morgan fingerprint density at radius 2 is 1.67 bits per heavy atom. The van der Waals surface area contributed by atoms with E-state index in [2.05, 4.69) is 4.74 Å². The third-order valence-corrected chi connectivity index (χ3v) is 3.67. The van der Waals surface area contributed by atoms with E-state index in [1.54, 1.807) is 30.3 Å². The fraction of sp³-hybridized carbons (Fsp3) is 0.158. The number of rotatable bonds is 2. The summed E-state index contributed by atoms with van der Waals surface area (Å²) in [6, 6.07) is 12.6. The number of methoxy groups -OCH3 is 1. The maximum absolute atomic E-state index is 12.8. The van der Waals surface area contributed by atoms with Gasteiger partial charge in [0.15, 0.2) is 5.76 Å². The molecule has 0 bridgehead atoms. The lowest BCUT2D eigenvalue weighted by molar-refractivity contribution is 0.120. The molecule has 3 rings (SSSR count). The van der Waals surface area contributed by atoms with Crippen LogP contribution in [-0.2, 0) is 4.74 Å². The Morgan fingerprint density at radius 1 is 1.00 bits per heavy atom. The highest BCUT2D eigenvalue weighted by Gasteiger charge is 2.20. The van der Waals surface area contributed by atoms with Crippen molar-refractivity contribution in [3.8, 4) is 17.1 Å². The molecule has 5 heteroatoms. The highest BCUT2D eigenvalue weighted by atomic mass is 16.7. The van der Waals surface area contributed by atoms with Gasteiger partial charge in [0.1, 0.15) is 5.58 Å². The van der Waals surface area contributed by atoms with E-state index in [1.807, 2.05) is 26.0 Å². The highest BCUT2D eigenvalue weighted by molar-refractivity contribution is 5.83. The largest absolute Gasteiger partial charge is 0.513 e. The lowest BCUT2D eigenvalue weighted by atomic mass is 10.1. The van der Waals surface area contributed by atoms with Gasteiger partial charge < -0.3 is 13.9 Å². The van der Waals surface area contributed by atoms with Crippen molar-refractivity contribution in [3.63, 3.8) is 0 Å². The van der Waals surface area contributed by atoms with Crippen molar-refractivity contribution in [1.29, 1.82) is 0 Å². The van der Waals surface area contributed by atoms with E-state index in [4.69, 9.17) is 9.15 Å². The van der Waals surface area contributed by atoms with Crippen molar-refractivity contribution in [2.75, 3.05) is 7.11 Å². The van der Waals surface area contributed by atoms with Crippen LogP contribution in [0.1, 0.15) is 11.1 Å². The second kappa shape index (κ2) is 6.20. The predicted octanol–water partition coefficient (Wildman–Crippen LogP) is 4.22. The van der Waals surface area contributed by atoms with E-state index in [9.17, 15) is 9.59 Å². The van der Waals surface area contributed by atoms with Crippen molar-refractivity contribution < 1.29 is 18.7 Å². The predicted molar refractivity (Wildman–Crippen MR) is 90.4 cm³/mol. The van der Waals surface area contributed by atoms with Gasteiger partial charge in [0, 0.05) is 5.56 Å². The summed E-state index contributed by atoms with van der Waals surface area (Å²) in [7, 11) is 1.18. The minimum atomic E-state index is -0.970. The van der Waals surface area contributed by atoms with Gasteiger partial charge >= 0.3 is 6.16 Å². The minimum absolute atomic E-state index is 0.179. The van der Waals surface area contributed by atoms with Crippen molar-refractivity contribution in [2.24, 2.45) is 0 Å². The maximum Gasteiger partial charge on any atom is 0.513 e. The summed E-state index contributed by atoms with van der Waals surface area (Å²) in [6.45, 7) is 3.86. The quantitative estimate of drug-likeness (QED) is 0.660. The van der Waals surface area contributed by atoms with Crippen molar-refractivity contribution in [1.82, 2.24) is 0 Å². The highest BCUT2D eigenvalue weighted by Crippen LogP contribution is 2.31. The number of hydrogen-bond acceptors (Lipinski definition) is 5. The van der Waals surface area contributed by atoms with E-state index in [-0.39, 0.29) is 11.5 Å². The van der Waals surface area contributed by atoms with Gasteiger partial charge in [-0.15, -0.1) is 0 Å². The molecule has 1 aromatic heterocycles. The Bertz CT molecular complexity index is 967. The van der Waals surface area contributed by atoms with Gasteiger partial charge in [-0.05, 0) is 31.5 Å². The van der Waals surface area contributed by atoms with E-state index in [0.29, 0.717) is 16.5 Å². The van der Waals surface area contributed by atoms with Crippen molar-refractivity contribution >= 4 is 17.1 Å². The molecular formula is C19H16O5. The molecule has 3 aromatic rings. The molecule has 24 heavy (non-hydrogen) atoms. The molecule has 0 saturated heterocycles. The molecule has 2 aromatic carbocycles. The molecule has 122 valence electrons. The first kappa shape index (κ1) is 15.8. The monoisotopic (exact) mass is 324 g/mol. The van der Waals surface area contributed by atoms with E-state index in [0.717, 1.165) is 11.1 Å². The first-order valence-corrected chi connectivity index (χ1v) is 7.40. The summed E-state index contributed by atoms with van der Waals surface area (Å²) < 4.78 is 15.5. The normalized spacial score (nSPS) is 10.6. The zero-order valence-electron chi connectivity index (χ0n) is 13.6. The van der Waals surface area contributed by atoms with Crippen LogP contribution in [0.3, 0.4) is 0 Å². The van der Waals surface area contributed by atoms with Crippen LogP contribution < -0.4 is 10.2 Å². The Balaban J connectivity index is 2.31. The van der Waals surface area contributed by atoms with Gasteiger partial charge in [-0.2, -0.15) is 0 Å². The third-order valence-electron chi connectivity index (χ3n) is 3.67. The molecule has 1 heterocycles. The number of benzene rings is 2. The summed E-state index contributed by atoms with van der Waals surface area (Å²) in [5.41, 5.74) is 2.68. The number of carbonyl (C=O) groups excluding carboxylic acids is 1. The number of carbonyl (C=O) groups is 1. The third kappa shape index (κ3) is 2.88. The molecule has 0 atom stereocenters. The second-order valence-electron chi connectivity index (χ2n) is 5.51. The lowest BCUT2D eigenvalue weighted by Crippen LogP contribution is -2.16. The van der Waals surface area contributed by atoms with Crippen LogP contribution in [0.15, 0.2) is 51.7 Å². The minimum Gasteiger partial charge on any atom is -0.452 e. The molecule has 0 saturated carbocycles. The summed E-state index contributed by atoms with van der Waals surface area (Å²) >= 11 is 0. The Hall–Kier alpha value is -3.08. The number of aryl methyl sites for hydroxylation is 2. The van der Waals surface area contributed by atoms with Crippen molar-refractivity contribution in [3.05, 3.63) is 63.8 Å². The van der Waals surface area contributed by atoms with Crippen LogP contribution in [0.4, 0.5) is 4.79 Å². The molecule has 0 amide bonds. The van der Waals surface area contributed by atoms with Gasteiger partial charge in [-0.1, -0.05) is 35.9 Å². The molecule has 0 aliphatic rings. The molecule has 0 spiro atoms. The molecular weight excluding hydrogens is 308 g/mol. The fourth-order valence-electron chi connectivity index (χ4n) is 2.40. The van der Waals surface area contributed by atoms with E-state index >= 15 is 0 Å². The summed E-state index contributed by atoms with van der Waals surface area (Å²) in [6.07, 6.45) is -0.970. The lowest BCUT2D eigenvalue weighted by Gasteiger charge is -2.10. The Labute approximate surface area is 138 Å². The molecule has 0 unspecified atom stereocenters.